The van der Waals surface area contributed by atoms with Gasteiger partial charge in [-0.05, 0) is 30.8 Å². The van der Waals surface area contributed by atoms with E-state index in [2.05, 4.69) is 9.88 Å². The van der Waals surface area contributed by atoms with E-state index in [0.717, 1.165) is 17.9 Å². The van der Waals surface area contributed by atoms with E-state index in [1.165, 1.54) is 0 Å². The molecule has 122 valence electrons. The first-order valence-corrected chi connectivity index (χ1v) is 7.72. The maximum absolute atomic E-state index is 12.9. The van der Waals surface area contributed by atoms with E-state index in [9.17, 15) is 4.79 Å². The SMILES string of the molecule is CN1CCO[C@H](C(=O)N(Cc2cccnc2)Cc2ccco2)C1. The van der Waals surface area contributed by atoms with E-state index in [-0.39, 0.29) is 5.91 Å². The van der Waals surface area contributed by atoms with Gasteiger partial charge in [0.2, 0.25) is 0 Å². The van der Waals surface area contributed by atoms with Crippen LogP contribution in [0.3, 0.4) is 0 Å². The minimum Gasteiger partial charge on any atom is -0.467 e. The number of aromatic nitrogens is 1. The molecule has 2 aromatic rings. The zero-order chi connectivity index (χ0) is 16.1. The van der Waals surface area contributed by atoms with Crippen LogP contribution in [-0.4, -0.2) is 53.5 Å². The Bertz CT molecular complexity index is 615. The Hall–Kier alpha value is -2.18. The van der Waals surface area contributed by atoms with Gasteiger partial charge in [0.15, 0.2) is 0 Å². The summed E-state index contributed by atoms with van der Waals surface area (Å²) < 4.78 is 11.1. The summed E-state index contributed by atoms with van der Waals surface area (Å²) >= 11 is 0. The first-order chi connectivity index (χ1) is 11.2. The van der Waals surface area contributed by atoms with Crippen molar-refractivity contribution >= 4 is 5.91 Å². The molecule has 0 radical (unpaired) electrons. The Balaban J connectivity index is 1.74. The lowest BCUT2D eigenvalue weighted by atomic mass is 10.2. The average molecular weight is 315 g/mol. The first kappa shape index (κ1) is 15.7. The van der Waals surface area contributed by atoms with E-state index >= 15 is 0 Å². The van der Waals surface area contributed by atoms with Gasteiger partial charge in [-0.15, -0.1) is 0 Å². The Labute approximate surface area is 135 Å². The van der Waals surface area contributed by atoms with Gasteiger partial charge in [-0.25, -0.2) is 0 Å². The van der Waals surface area contributed by atoms with E-state index < -0.39 is 6.10 Å². The largest absolute Gasteiger partial charge is 0.467 e. The van der Waals surface area contributed by atoms with Crippen molar-refractivity contribution in [3.63, 3.8) is 0 Å². The quantitative estimate of drug-likeness (QED) is 0.837. The van der Waals surface area contributed by atoms with Crippen molar-refractivity contribution in [3.8, 4) is 0 Å². The Morgan fingerprint density at radius 2 is 2.30 bits per heavy atom. The molecule has 1 fully saturated rings. The summed E-state index contributed by atoms with van der Waals surface area (Å²) in [5.41, 5.74) is 0.983. The van der Waals surface area contributed by atoms with Crippen LogP contribution in [0.15, 0.2) is 47.3 Å². The molecule has 23 heavy (non-hydrogen) atoms. The van der Waals surface area contributed by atoms with E-state index in [0.29, 0.717) is 26.2 Å². The van der Waals surface area contributed by atoms with Gasteiger partial charge >= 0.3 is 0 Å². The maximum Gasteiger partial charge on any atom is 0.253 e. The molecule has 2 aromatic heterocycles. The number of hydrogen-bond acceptors (Lipinski definition) is 5. The van der Waals surface area contributed by atoms with E-state index in [1.54, 1.807) is 23.6 Å². The molecule has 1 aliphatic heterocycles. The molecule has 1 atom stereocenters. The zero-order valence-corrected chi connectivity index (χ0v) is 13.2. The fourth-order valence-corrected chi connectivity index (χ4v) is 2.65. The first-order valence-electron chi connectivity index (χ1n) is 7.72. The van der Waals surface area contributed by atoms with Crippen LogP contribution in [0.2, 0.25) is 0 Å². The standard InChI is InChI=1S/C17H21N3O3/c1-19-7-9-23-16(13-19)17(21)20(12-15-5-3-8-22-15)11-14-4-2-6-18-10-14/h2-6,8,10,16H,7,9,11-13H2,1H3/t16-/m0/s1. The molecule has 0 aromatic carbocycles. The number of carbonyl (C=O) groups is 1. The third-order valence-corrected chi connectivity index (χ3v) is 3.88. The van der Waals surface area contributed by atoms with E-state index in [1.807, 2.05) is 31.3 Å². The molecular formula is C17H21N3O3. The van der Waals surface area contributed by atoms with Gasteiger partial charge in [0.25, 0.3) is 5.91 Å². The number of nitrogens with zero attached hydrogens (tertiary/aromatic N) is 3. The van der Waals surface area contributed by atoms with Crippen molar-refractivity contribution in [2.45, 2.75) is 19.2 Å². The summed E-state index contributed by atoms with van der Waals surface area (Å²) in [4.78, 5) is 20.9. The summed E-state index contributed by atoms with van der Waals surface area (Å²) in [6.07, 6.45) is 4.69. The number of morpholine rings is 1. The lowest BCUT2D eigenvalue weighted by Gasteiger charge is -2.33. The highest BCUT2D eigenvalue weighted by Gasteiger charge is 2.29. The predicted octanol–water partition coefficient (Wildman–Crippen LogP) is 1.53. The molecule has 3 heterocycles. The number of pyridine rings is 1. The fourth-order valence-electron chi connectivity index (χ4n) is 2.65. The minimum absolute atomic E-state index is 0.0168. The zero-order valence-electron chi connectivity index (χ0n) is 13.2. The second-order valence-corrected chi connectivity index (χ2v) is 5.76. The molecule has 3 rings (SSSR count). The van der Waals surface area contributed by atoms with Crippen LogP contribution >= 0.6 is 0 Å². The topological polar surface area (TPSA) is 58.8 Å². The number of likely N-dealkylation sites (N-methyl/N-ethyl adjacent to an activating group) is 1. The van der Waals surface area contributed by atoms with Crippen LogP contribution < -0.4 is 0 Å². The smallest absolute Gasteiger partial charge is 0.253 e. The third kappa shape index (κ3) is 4.18. The minimum atomic E-state index is -0.430. The van der Waals surface area contributed by atoms with Gasteiger partial charge in [-0.1, -0.05) is 6.07 Å². The molecule has 1 aliphatic rings. The van der Waals surface area contributed by atoms with Gasteiger partial charge < -0.3 is 19.0 Å². The second-order valence-electron chi connectivity index (χ2n) is 5.76. The number of amides is 1. The molecule has 6 heteroatoms. The molecule has 0 unspecified atom stereocenters. The van der Waals surface area contributed by atoms with Gasteiger partial charge in [-0.3, -0.25) is 9.78 Å². The van der Waals surface area contributed by atoms with Gasteiger partial charge in [-0.2, -0.15) is 0 Å². The Kier molecular flexibility index (Phi) is 5.05. The van der Waals surface area contributed by atoms with Crippen molar-refractivity contribution < 1.29 is 13.9 Å². The van der Waals surface area contributed by atoms with Crippen molar-refractivity contribution in [2.75, 3.05) is 26.7 Å². The molecular weight excluding hydrogens is 294 g/mol. The molecule has 0 bridgehead atoms. The van der Waals surface area contributed by atoms with Crippen molar-refractivity contribution in [3.05, 3.63) is 54.2 Å². The highest BCUT2D eigenvalue weighted by atomic mass is 16.5. The third-order valence-electron chi connectivity index (χ3n) is 3.88. The maximum atomic E-state index is 12.9. The molecule has 0 N–H and O–H groups in total. The van der Waals surface area contributed by atoms with Crippen LogP contribution in [0.5, 0.6) is 0 Å². The van der Waals surface area contributed by atoms with Crippen LogP contribution in [0.25, 0.3) is 0 Å². The van der Waals surface area contributed by atoms with Crippen LogP contribution in [0.4, 0.5) is 0 Å². The predicted molar refractivity (Wildman–Crippen MR) is 84.4 cm³/mol. The highest BCUT2D eigenvalue weighted by Crippen LogP contribution is 2.14. The molecule has 1 amide bonds. The summed E-state index contributed by atoms with van der Waals surface area (Å²) in [6.45, 7) is 2.95. The monoisotopic (exact) mass is 315 g/mol. The highest BCUT2D eigenvalue weighted by molar-refractivity contribution is 5.81. The lowest BCUT2D eigenvalue weighted by molar-refractivity contribution is -0.150. The number of hydrogen-bond donors (Lipinski definition) is 0. The fraction of sp³-hybridized carbons (Fsp3) is 0.412. The lowest BCUT2D eigenvalue weighted by Crippen LogP contribution is -2.49. The van der Waals surface area contributed by atoms with Crippen LogP contribution in [-0.2, 0) is 22.6 Å². The van der Waals surface area contributed by atoms with Crippen LogP contribution in [0.1, 0.15) is 11.3 Å². The average Bonchev–Trinajstić information content (AvgIpc) is 3.08. The number of ether oxygens (including phenoxy) is 1. The molecule has 1 saturated heterocycles. The summed E-state index contributed by atoms with van der Waals surface area (Å²) in [5, 5.41) is 0. The van der Waals surface area contributed by atoms with Crippen molar-refractivity contribution in [2.24, 2.45) is 0 Å². The van der Waals surface area contributed by atoms with Gasteiger partial charge in [0.05, 0.1) is 19.4 Å². The Morgan fingerprint density at radius 3 is 3.00 bits per heavy atom. The van der Waals surface area contributed by atoms with Gasteiger partial charge in [0.1, 0.15) is 11.9 Å². The van der Waals surface area contributed by atoms with E-state index in [4.69, 9.17) is 9.15 Å². The summed E-state index contributed by atoms with van der Waals surface area (Å²) in [6, 6.07) is 7.53. The second kappa shape index (κ2) is 7.39. The number of carbonyl (C=O) groups excluding carboxylic acids is 1. The van der Waals surface area contributed by atoms with Crippen LogP contribution in [0, 0.1) is 0 Å². The molecule has 0 saturated carbocycles. The van der Waals surface area contributed by atoms with Crippen molar-refractivity contribution in [1.82, 2.24) is 14.8 Å². The molecule has 6 nitrogen and oxygen atoms in total. The summed E-state index contributed by atoms with van der Waals surface area (Å²) in [7, 11) is 2.00. The molecule has 0 aliphatic carbocycles. The van der Waals surface area contributed by atoms with Crippen molar-refractivity contribution in [1.29, 1.82) is 0 Å². The normalized spacial score (nSPS) is 18.7. The van der Waals surface area contributed by atoms with Gasteiger partial charge in [0, 0.05) is 32.0 Å². The molecule has 0 spiro atoms. The number of rotatable bonds is 5. The number of furan rings is 1. The summed E-state index contributed by atoms with van der Waals surface area (Å²) in [5.74, 6) is 0.739. The Morgan fingerprint density at radius 1 is 1.39 bits per heavy atom.